The Kier molecular flexibility index (Phi) is 4.35. The molecule has 0 radical (unpaired) electrons. The quantitative estimate of drug-likeness (QED) is 0.843. The molecule has 0 aliphatic heterocycles. The number of carbonyl (C=O) groups excluding carboxylic acids is 1. The first-order chi connectivity index (χ1) is 7.50. The van der Waals surface area contributed by atoms with Gasteiger partial charge in [0.05, 0.1) is 0 Å². The molecule has 16 heavy (non-hydrogen) atoms. The number of nitrogens with zero attached hydrogens (tertiary/aromatic N) is 1. The Morgan fingerprint density at radius 2 is 1.94 bits per heavy atom. The lowest BCUT2D eigenvalue weighted by atomic mass is 10.1. The predicted molar refractivity (Wildman–Crippen MR) is 67.7 cm³/mol. The minimum absolute atomic E-state index is 0.149. The van der Waals surface area contributed by atoms with Gasteiger partial charge in [-0.3, -0.25) is 4.79 Å². The summed E-state index contributed by atoms with van der Waals surface area (Å²) in [4.78, 5) is 13.0. The summed E-state index contributed by atoms with van der Waals surface area (Å²) in [6.07, 6.45) is 0.528. The zero-order chi connectivity index (χ0) is 12.1. The maximum absolute atomic E-state index is 11.3. The van der Waals surface area contributed by atoms with Gasteiger partial charge in [0.15, 0.2) is 0 Å². The lowest BCUT2D eigenvalue weighted by Crippen LogP contribution is -2.23. The predicted octanol–water partition coefficient (Wildman–Crippen LogP) is 2.19. The molecule has 0 saturated heterocycles. The summed E-state index contributed by atoms with van der Waals surface area (Å²) in [5.74, 6) is 0.149. The molecule has 0 saturated carbocycles. The van der Waals surface area contributed by atoms with E-state index in [0.29, 0.717) is 13.0 Å². The zero-order valence-corrected chi connectivity index (χ0v) is 10.5. The summed E-state index contributed by atoms with van der Waals surface area (Å²) in [6, 6.07) is 6.24. The van der Waals surface area contributed by atoms with E-state index in [9.17, 15) is 4.79 Å². The highest BCUT2D eigenvalue weighted by molar-refractivity contribution is 5.76. The third kappa shape index (κ3) is 3.57. The standard InChI is InChI=1S/C13H20N2O/c1-10-5-6-12(9-11(10)2)14-8-7-13(16)15(3)4/h5-6,9,14H,7-8H2,1-4H3. The van der Waals surface area contributed by atoms with Crippen LogP contribution in [0.3, 0.4) is 0 Å². The van der Waals surface area contributed by atoms with Crippen LogP contribution < -0.4 is 5.32 Å². The molecule has 1 amide bonds. The van der Waals surface area contributed by atoms with Crippen LogP contribution in [0.2, 0.25) is 0 Å². The average molecular weight is 220 g/mol. The van der Waals surface area contributed by atoms with Gasteiger partial charge in [-0.2, -0.15) is 0 Å². The molecule has 3 nitrogen and oxygen atoms in total. The van der Waals surface area contributed by atoms with Crippen molar-refractivity contribution in [2.75, 3.05) is 26.0 Å². The van der Waals surface area contributed by atoms with E-state index in [1.807, 2.05) is 6.07 Å². The van der Waals surface area contributed by atoms with Crippen LogP contribution in [0.1, 0.15) is 17.5 Å². The smallest absolute Gasteiger partial charge is 0.223 e. The lowest BCUT2D eigenvalue weighted by molar-refractivity contribution is -0.128. The molecular formula is C13H20N2O. The molecule has 0 aliphatic carbocycles. The Labute approximate surface area is 97.5 Å². The molecule has 3 heteroatoms. The number of anilines is 1. The van der Waals surface area contributed by atoms with Crippen molar-refractivity contribution in [2.24, 2.45) is 0 Å². The van der Waals surface area contributed by atoms with Crippen LogP contribution >= 0.6 is 0 Å². The van der Waals surface area contributed by atoms with E-state index in [2.05, 4.69) is 31.3 Å². The maximum atomic E-state index is 11.3. The van der Waals surface area contributed by atoms with Crippen LogP contribution in [-0.2, 0) is 4.79 Å². The summed E-state index contributed by atoms with van der Waals surface area (Å²) in [5, 5.41) is 3.25. The van der Waals surface area contributed by atoms with Crippen molar-refractivity contribution in [1.82, 2.24) is 4.90 Å². The minimum Gasteiger partial charge on any atom is -0.385 e. The first kappa shape index (κ1) is 12.6. The van der Waals surface area contributed by atoms with Crippen molar-refractivity contribution in [3.8, 4) is 0 Å². The highest BCUT2D eigenvalue weighted by Crippen LogP contribution is 2.13. The Morgan fingerprint density at radius 1 is 1.25 bits per heavy atom. The van der Waals surface area contributed by atoms with Gasteiger partial charge in [0, 0.05) is 32.7 Å². The highest BCUT2D eigenvalue weighted by atomic mass is 16.2. The average Bonchev–Trinajstić information content (AvgIpc) is 2.23. The van der Waals surface area contributed by atoms with E-state index >= 15 is 0 Å². The molecule has 0 atom stereocenters. The molecule has 0 spiro atoms. The van der Waals surface area contributed by atoms with Gasteiger partial charge >= 0.3 is 0 Å². The van der Waals surface area contributed by atoms with Crippen molar-refractivity contribution in [2.45, 2.75) is 20.3 Å². The van der Waals surface area contributed by atoms with Gasteiger partial charge in [-0.1, -0.05) is 6.07 Å². The second-order valence-electron chi connectivity index (χ2n) is 4.26. The molecule has 0 aromatic heterocycles. The van der Waals surface area contributed by atoms with Gasteiger partial charge in [-0.25, -0.2) is 0 Å². The largest absolute Gasteiger partial charge is 0.385 e. The normalized spacial score (nSPS) is 10.0. The fourth-order valence-electron chi connectivity index (χ4n) is 1.39. The van der Waals surface area contributed by atoms with Crippen LogP contribution in [0, 0.1) is 13.8 Å². The molecule has 0 aliphatic rings. The van der Waals surface area contributed by atoms with Gasteiger partial charge in [0.25, 0.3) is 0 Å². The third-order valence-corrected chi connectivity index (χ3v) is 2.67. The fraction of sp³-hybridized carbons (Fsp3) is 0.462. The van der Waals surface area contributed by atoms with Gasteiger partial charge in [-0.15, -0.1) is 0 Å². The second kappa shape index (κ2) is 5.54. The molecule has 1 aromatic carbocycles. The zero-order valence-electron chi connectivity index (χ0n) is 10.5. The molecular weight excluding hydrogens is 200 g/mol. The third-order valence-electron chi connectivity index (χ3n) is 2.67. The highest BCUT2D eigenvalue weighted by Gasteiger charge is 2.02. The molecule has 0 fully saturated rings. The number of hydrogen-bond acceptors (Lipinski definition) is 2. The minimum atomic E-state index is 0.149. The van der Waals surface area contributed by atoms with Crippen LogP contribution in [0.25, 0.3) is 0 Å². The van der Waals surface area contributed by atoms with E-state index < -0.39 is 0 Å². The molecule has 0 heterocycles. The number of nitrogens with one attached hydrogen (secondary N) is 1. The van der Waals surface area contributed by atoms with E-state index in [1.54, 1.807) is 19.0 Å². The molecule has 0 bridgehead atoms. The van der Waals surface area contributed by atoms with Crippen molar-refractivity contribution in [1.29, 1.82) is 0 Å². The Morgan fingerprint density at radius 3 is 2.50 bits per heavy atom. The lowest BCUT2D eigenvalue weighted by Gasteiger charge is -2.11. The van der Waals surface area contributed by atoms with E-state index in [0.717, 1.165) is 5.69 Å². The van der Waals surface area contributed by atoms with E-state index in [1.165, 1.54) is 11.1 Å². The molecule has 1 aromatic rings. The van der Waals surface area contributed by atoms with Crippen molar-refractivity contribution >= 4 is 11.6 Å². The Balaban J connectivity index is 2.43. The Bertz CT molecular complexity index is 372. The van der Waals surface area contributed by atoms with Gasteiger partial charge in [0.2, 0.25) is 5.91 Å². The van der Waals surface area contributed by atoms with Gasteiger partial charge in [-0.05, 0) is 37.1 Å². The summed E-state index contributed by atoms with van der Waals surface area (Å²) in [7, 11) is 3.55. The van der Waals surface area contributed by atoms with Crippen LogP contribution in [0.15, 0.2) is 18.2 Å². The second-order valence-corrected chi connectivity index (χ2v) is 4.26. The van der Waals surface area contributed by atoms with Gasteiger partial charge in [0.1, 0.15) is 0 Å². The van der Waals surface area contributed by atoms with Crippen molar-refractivity contribution < 1.29 is 4.79 Å². The van der Waals surface area contributed by atoms with Crippen LogP contribution in [-0.4, -0.2) is 31.4 Å². The molecule has 88 valence electrons. The van der Waals surface area contributed by atoms with Crippen LogP contribution in [0.5, 0.6) is 0 Å². The fourth-order valence-corrected chi connectivity index (χ4v) is 1.39. The number of aryl methyl sites for hydroxylation is 2. The maximum Gasteiger partial charge on any atom is 0.223 e. The van der Waals surface area contributed by atoms with E-state index in [-0.39, 0.29) is 5.91 Å². The first-order valence-electron chi connectivity index (χ1n) is 5.52. The SMILES string of the molecule is Cc1ccc(NCCC(=O)N(C)C)cc1C. The van der Waals surface area contributed by atoms with Crippen LogP contribution in [0.4, 0.5) is 5.69 Å². The van der Waals surface area contributed by atoms with Gasteiger partial charge < -0.3 is 10.2 Å². The van der Waals surface area contributed by atoms with Crippen molar-refractivity contribution in [3.05, 3.63) is 29.3 Å². The van der Waals surface area contributed by atoms with Crippen molar-refractivity contribution in [3.63, 3.8) is 0 Å². The monoisotopic (exact) mass is 220 g/mol. The summed E-state index contributed by atoms with van der Waals surface area (Å²) < 4.78 is 0. The summed E-state index contributed by atoms with van der Waals surface area (Å²) >= 11 is 0. The Hall–Kier alpha value is -1.51. The summed E-state index contributed by atoms with van der Waals surface area (Å²) in [5.41, 5.74) is 3.63. The number of carbonyl (C=O) groups is 1. The first-order valence-corrected chi connectivity index (χ1v) is 5.52. The molecule has 0 unspecified atom stereocenters. The number of hydrogen-bond donors (Lipinski definition) is 1. The number of benzene rings is 1. The molecule has 1 N–H and O–H groups in total. The topological polar surface area (TPSA) is 32.3 Å². The number of rotatable bonds is 4. The van der Waals surface area contributed by atoms with E-state index in [4.69, 9.17) is 0 Å². The number of amides is 1. The summed E-state index contributed by atoms with van der Waals surface area (Å²) in [6.45, 7) is 4.86. The molecule has 1 rings (SSSR count).